The zero-order valence-electron chi connectivity index (χ0n) is 17.3. The van der Waals surface area contributed by atoms with Gasteiger partial charge < -0.3 is 9.64 Å². The molecule has 0 aliphatic carbocycles. The van der Waals surface area contributed by atoms with Gasteiger partial charge in [-0.05, 0) is 56.8 Å². The smallest absolute Gasteiger partial charge is 0.236 e. The van der Waals surface area contributed by atoms with Crippen LogP contribution >= 0.6 is 0 Å². The van der Waals surface area contributed by atoms with Crippen molar-refractivity contribution in [1.29, 1.82) is 0 Å². The van der Waals surface area contributed by atoms with Gasteiger partial charge >= 0.3 is 0 Å². The fourth-order valence-electron chi connectivity index (χ4n) is 4.59. The van der Waals surface area contributed by atoms with E-state index in [4.69, 9.17) is 9.72 Å². The first-order chi connectivity index (χ1) is 14.2. The fraction of sp³-hybridized carbons (Fsp3) is 0.500. The molecule has 1 amide bonds. The highest BCUT2D eigenvalue weighted by Crippen LogP contribution is 2.31. The number of carbonyl (C=O) groups excluding carboxylic acids is 1. The molecule has 0 saturated carbocycles. The van der Waals surface area contributed by atoms with Crippen LogP contribution in [0.1, 0.15) is 55.1 Å². The van der Waals surface area contributed by atoms with Crippen molar-refractivity contribution in [1.82, 2.24) is 14.8 Å². The van der Waals surface area contributed by atoms with E-state index in [-0.39, 0.29) is 11.9 Å². The van der Waals surface area contributed by atoms with Crippen LogP contribution in [0.4, 0.5) is 0 Å². The number of likely N-dealkylation sites (tertiary alicyclic amines) is 2. The van der Waals surface area contributed by atoms with Gasteiger partial charge in [-0.25, -0.2) is 0 Å². The van der Waals surface area contributed by atoms with E-state index in [2.05, 4.69) is 29.2 Å². The molecule has 0 radical (unpaired) electrons. The normalized spacial score (nSPS) is 20.0. The molecule has 5 heteroatoms. The average molecular weight is 394 g/mol. The predicted molar refractivity (Wildman–Crippen MR) is 114 cm³/mol. The zero-order valence-corrected chi connectivity index (χ0v) is 17.3. The van der Waals surface area contributed by atoms with Crippen LogP contribution in [0.15, 0.2) is 42.5 Å². The van der Waals surface area contributed by atoms with Gasteiger partial charge in [-0.2, -0.15) is 0 Å². The number of benzene rings is 1. The minimum Gasteiger partial charge on any atom is -0.496 e. The van der Waals surface area contributed by atoms with Gasteiger partial charge in [-0.1, -0.05) is 24.3 Å². The molecule has 0 N–H and O–H groups in total. The molecular formula is C24H31N3O2. The summed E-state index contributed by atoms with van der Waals surface area (Å²) in [4.78, 5) is 22.1. The summed E-state index contributed by atoms with van der Waals surface area (Å²) in [6.45, 7) is 3.33. The number of nitrogens with zero attached hydrogens (tertiary/aromatic N) is 3. The molecule has 1 aromatic heterocycles. The topological polar surface area (TPSA) is 45.7 Å². The molecule has 3 heterocycles. The Morgan fingerprint density at radius 2 is 1.86 bits per heavy atom. The van der Waals surface area contributed by atoms with Gasteiger partial charge in [-0.3, -0.25) is 14.7 Å². The van der Waals surface area contributed by atoms with Crippen LogP contribution in [0.2, 0.25) is 0 Å². The maximum atomic E-state index is 12.8. The van der Waals surface area contributed by atoms with E-state index in [0.717, 1.165) is 74.4 Å². The van der Waals surface area contributed by atoms with Crippen molar-refractivity contribution in [3.8, 4) is 5.75 Å². The van der Waals surface area contributed by atoms with Crippen LogP contribution < -0.4 is 4.74 Å². The van der Waals surface area contributed by atoms with Gasteiger partial charge in [0.05, 0.1) is 25.4 Å². The van der Waals surface area contributed by atoms with Crippen molar-refractivity contribution < 1.29 is 9.53 Å². The SMILES string of the molecule is COc1ccccc1Cc1cccc([C@@H]2CCCN2CC(=O)N2CCCCC2)n1. The second-order valence-electron chi connectivity index (χ2n) is 8.11. The molecule has 154 valence electrons. The van der Waals surface area contributed by atoms with Crippen molar-refractivity contribution in [3.05, 3.63) is 59.4 Å². The van der Waals surface area contributed by atoms with Crippen LogP contribution in [-0.2, 0) is 11.2 Å². The number of carbonyl (C=O) groups is 1. The first-order valence-corrected chi connectivity index (χ1v) is 10.8. The molecule has 2 aliphatic heterocycles. The fourth-order valence-corrected chi connectivity index (χ4v) is 4.59. The lowest BCUT2D eigenvalue weighted by Gasteiger charge is -2.30. The number of amides is 1. The monoisotopic (exact) mass is 393 g/mol. The van der Waals surface area contributed by atoms with E-state index in [1.165, 1.54) is 6.42 Å². The molecule has 0 bridgehead atoms. The summed E-state index contributed by atoms with van der Waals surface area (Å²) in [5.74, 6) is 1.18. The third-order valence-electron chi connectivity index (χ3n) is 6.14. The van der Waals surface area contributed by atoms with E-state index in [9.17, 15) is 4.79 Å². The summed E-state index contributed by atoms with van der Waals surface area (Å²) in [6.07, 6.45) is 6.47. The molecule has 2 fully saturated rings. The highest BCUT2D eigenvalue weighted by Gasteiger charge is 2.30. The molecule has 1 aromatic carbocycles. The van der Waals surface area contributed by atoms with Crippen molar-refractivity contribution in [2.24, 2.45) is 0 Å². The van der Waals surface area contributed by atoms with Crippen LogP contribution in [0.25, 0.3) is 0 Å². The Balaban J connectivity index is 1.46. The molecule has 0 unspecified atom stereocenters. The molecule has 5 nitrogen and oxygen atoms in total. The number of piperidine rings is 1. The van der Waals surface area contributed by atoms with Gasteiger partial charge in [0.1, 0.15) is 5.75 Å². The number of hydrogen-bond acceptors (Lipinski definition) is 4. The first-order valence-electron chi connectivity index (χ1n) is 10.8. The summed E-state index contributed by atoms with van der Waals surface area (Å²) >= 11 is 0. The second-order valence-corrected chi connectivity index (χ2v) is 8.11. The van der Waals surface area contributed by atoms with Crippen molar-refractivity contribution >= 4 is 5.91 Å². The molecule has 4 rings (SSSR count). The van der Waals surface area contributed by atoms with Gasteiger partial charge in [-0.15, -0.1) is 0 Å². The van der Waals surface area contributed by atoms with Gasteiger partial charge in [0.25, 0.3) is 0 Å². The molecule has 1 atom stereocenters. The summed E-state index contributed by atoms with van der Waals surface area (Å²) < 4.78 is 5.49. The Labute approximate surface area is 173 Å². The molecular weight excluding hydrogens is 362 g/mol. The van der Waals surface area contributed by atoms with Crippen LogP contribution in [0.3, 0.4) is 0 Å². The summed E-state index contributed by atoms with van der Waals surface area (Å²) in [7, 11) is 1.71. The molecule has 0 spiro atoms. The van der Waals surface area contributed by atoms with Gasteiger partial charge in [0.15, 0.2) is 0 Å². The highest BCUT2D eigenvalue weighted by molar-refractivity contribution is 5.78. The number of para-hydroxylation sites is 1. The largest absolute Gasteiger partial charge is 0.496 e. The van der Waals surface area contributed by atoms with E-state index in [1.807, 2.05) is 23.1 Å². The van der Waals surface area contributed by atoms with Crippen LogP contribution in [0, 0.1) is 0 Å². The standard InChI is InChI=1S/C24H31N3O2/c1-29-23-13-4-3-9-19(23)17-20-10-7-11-21(25-20)22-12-8-16-27(22)18-24(28)26-14-5-2-6-15-26/h3-4,7,9-11,13,22H,2,5-6,8,12,14-18H2,1H3/t22-/m0/s1. The molecule has 2 aromatic rings. The van der Waals surface area contributed by atoms with E-state index in [0.29, 0.717) is 6.54 Å². The van der Waals surface area contributed by atoms with E-state index in [1.54, 1.807) is 7.11 Å². The lowest BCUT2D eigenvalue weighted by atomic mass is 10.1. The maximum Gasteiger partial charge on any atom is 0.236 e. The van der Waals surface area contributed by atoms with Crippen molar-refractivity contribution in [2.75, 3.05) is 33.3 Å². The number of ether oxygens (including phenoxy) is 1. The molecule has 2 saturated heterocycles. The number of methoxy groups -OCH3 is 1. The Hall–Kier alpha value is -2.40. The first kappa shape index (κ1) is 19.9. The number of pyridine rings is 1. The Morgan fingerprint density at radius 1 is 1.03 bits per heavy atom. The Kier molecular flexibility index (Phi) is 6.45. The zero-order chi connectivity index (χ0) is 20.1. The third-order valence-corrected chi connectivity index (χ3v) is 6.14. The average Bonchev–Trinajstić information content (AvgIpc) is 3.23. The molecule has 29 heavy (non-hydrogen) atoms. The maximum absolute atomic E-state index is 12.8. The van der Waals surface area contributed by atoms with E-state index < -0.39 is 0 Å². The number of aromatic nitrogens is 1. The predicted octanol–water partition coefficient (Wildman–Crippen LogP) is 3.83. The quantitative estimate of drug-likeness (QED) is 0.748. The Bertz CT molecular complexity index is 832. The van der Waals surface area contributed by atoms with Crippen molar-refractivity contribution in [3.63, 3.8) is 0 Å². The highest BCUT2D eigenvalue weighted by atomic mass is 16.5. The molecule has 2 aliphatic rings. The minimum absolute atomic E-state index is 0.237. The third kappa shape index (κ3) is 4.78. The van der Waals surface area contributed by atoms with Crippen LogP contribution in [0.5, 0.6) is 5.75 Å². The number of hydrogen-bond donors (Lipinski definition) is 0. The van der Waals surface area contributed by atoms with E-state index >= 15 is 0 Å². The summed E-state index contributed by atoms with van der Waals surface area (Å²) in [6, 6.07) is 14.6. The number of rotatable bonds is 6. The van der Waals surface area contributed by atoms with Gasteiger partial charge in [0.2, 0.25) is 5.91 Å². The lowest BCUT2D eigenvalue weighted by molar-refractivity contribution is -0.133. The van der Waals surface area contributed by atoms with Crippen molar-refractivity contribution in [2.45, 2.75) is 44.6 Å². The second kappa shape index (κ2) is 9.40. The Morgan fingerprint density at radius 3 is 2.69 bits per heavy atom. The van der Waals surface area contributed by atoms with Gasteiger partial charge in [0, 0.05) is 30.8 Å². The lowest BCUT2D eigenvalue weighted by Crippen LogP contribution is -2.42. The van der Waals surface area contributed by atoms with Crippen LogP contribution in [-0.4, -0.2) is 54.0 Å². The summed E-state index contributed by atoms with van der Waals surface area (Å²) in [5.41, 5.74) is 3.27. The minimum atomic E-state index is 0.237. The summed E-state index contributed by atoms with van der Waals surface area (Å²) in [5, 5.41) is 0.